The van der Waals surface area contributed by atoms with Crippen molar-refractivity contribution in [2.75, 3.05) is 0 Å². The Hall–Kier alpha value is -6.63. The van der Waals surface area contributed by atoms with Gasteiger partial charge in [-0.1, -0.05) is 131 Å². The third kappa shape index (κ3) is 5.06. The van der Waals surface area contributed by atoms with Crippen molar-refractivity contribution >= 4 is 75.1 Å². The first kappa shape index (κ1) is 34.4. The zero-order chi connectivity index (χ0) is 39.6. The van der Waals surface area contributed by atoms with Gasteiger partial charge >= 0.3 is 0 Å². The molecule has 0 unspecified atom stereocenters. The number of thiophene rings is 1. The highest BCUT2D eigenvalue weighted by molar-refractivity contribution is 7.25. The van der Waals surface area contributed by atoms with E-state index in [1.807, 2.05) is 17.4 Å². The molecule has 59 heavy (non-hydrogen) atoms. The lowest BCUT2D eigenvalue weighted by Gasteiger charge is -2.42. The molecule has 7 aromatic carbocycles. The molecule has 4 aromatic heterocycles. The number of benzene rings is 7. The van der Waals surface area contributed by atoms with Crippen LogP contribution in [0.4, 0.5) is 0 Å². The van der Waals surface area contributed by atoms with E-state index >= 15 is 0 Å². The molecular weight excluding hydrogens is 739 g/mol. The Morgan fingerprint density at radius 2 is 1.14 bits per heavy atom. The molecule has 5 nitrogen and oxygen atoms in total. The number of hydrogen-bond acceptors (Lipinski definition) is 4. The summed E-state index contributed by atoms with van der Waals surface area (Å²) in [5, 5.41) is 7.18. The van der Waals surface area contributed by atoms with Crippen LogP contribution in [0.25, 0.3) is 98.2 Å². The summed E-state index contributed by atoms with van der Waals surface area (Å²) < 4.78 is 7.26. The first-order valence-corrected chi connectivity index (χ1v) is 21.4. The summed E-state index contributed by atoms with van der Waals surface area (Å²) in [6.07, 6.45) is 2.30. The van der Waals surface area contributed by atoms with Crippen LogP contribution >= 0.6 is 11.3 Å². The molecule has 6 heteroatoms. The third-order valence-electron chi connectivity index (χ3n) is 13.0. The van der Waals surface area contributed by atoms with Crippen molar-refractivity contribution in [2.45, 2.75) is 51.4 Å². The summed E-state index contributed by atoms with van der Waals surface area (Å²) in [4.78, 5) is 16.2. The molecule has 1 aliphatic rings. The molecule has 4 heterocycles. The van der Waals surface area contributed by atoms with E-state index in [9.17, 15) is 0 Å². The van der Waals surface area contributed by atoms with E-state index in [0.717, 1.165) is 46.2 Å². The second-order valence-corrected chi connectivity index (χ2v) is 18.6. The highest BCUT2D eigenvalue weighted by Gasteiger charge is 2.38. The second-order valence-electron chi connectivity index (χ2n) is 17.5. The zero-order valence-electron chi connectivity index (χ0n) is 33.5. The molecule has 0 saturated heterocycles. The van der Waals surface area contributed by atoms with Crippen LogP contribution in [0.3, 0.4) is 0 Å². The molecule has 0 bridgehead atoms. The van der Waals surface area contributed by atoms with Crippen LogP contribution in [-0.2, 0) is 10.8 Å². The second kappa shape index (κ2) is 12.4. The maximum Gasteiger partial charge on any atom is 0.238 e. The first-order valence-electron chi connectivity index (χ1n) is 20.6. The number of fused-ring (bicyclic) bond motifs is 11. The Kier molecular flexibility index (Phi) is 7.25. The van der Waals surface area contributed by atoms with Gasteiger partial charge in [0.15, 0.2) is 11.6 Å². The van der Waals surface area contributed by atoms with Crippen LogP contribution in [0.2, 0.25) is 0 Å². The van der Waals surface area contributed by atoms with Gasteiger partial charge in [0, 0.05) is 58.5 Å². The fourth-order valence-electron chi connectivity index (χ4n) is 9.94. The van der Waals surface area contributed by atoms with Crippen LogP contribution in [0.5, 0.6) is 0 Å². The zero-order valence-corrected chi connectivity index (χ0v) is 34.3. The lowest BCUT2D eigenvalue weighted by molar-refractivity contribution is 0.332. The van der Waals surface area contributed by atoms with Crippen molar-refractivity contribution in [1.29, 1.82) is 0 Å². The Balaban J connectivity index is 1.25. The highest BCUT2D eigenvalue weighted by Crippen LogP contribution is 2.50. The fraction of sp³-hybridized carbons (Fsp3) is 0.151. The standard InChI is InChI=1S/C53H41N5S/c1-52(2)28-29-53(3,4)40-31-43-38(30-39(40)52)47-42(57(43)33-18-9-6-10-19-33)27-26-35-34-20-11-13-23-41(34)58(48(35)47)51-55-49(32-16-7-5-8-17-32)54-50(56-51)37-22-15-25-45-46(37)36-21-12-14-24-44(36)59-45/h5-27,30-31H,28-29H2,1-4H3. The monoisotopic (exact) mass is 779 g/mol. The van der Waals surface area contributed by atoms with Crippen LogP contribution < -0.4 is 0 Å². The molecule has 1 aliphatic carbocycles. The largest absolute Gasteiger partial charge is 0.309 e. The summed E-state index contributed by atoms with van der Waals surface area (Å²) in [5.41, 5.74) is 10.6. The molecule has 0 amide bonds. The normalized spacial score (nSPS) is 14.9. The van der Waals surface area contributed by atoms with E-state index in [2.05, 4.69) is 182 Å². The maximum absolute atomic E-state index is 5.51. The quantitative estimate of drug-likeness (QED) is 0.179. The molecule has 12 rings (SSSR count). The lowest BCUT2D eigenvalue weighted by atomic mass is 9.63. The van der Waals surface area contributed by atoms with Crippen LogP contribution in [0.15, 0.2) is 152 Å². The smallest absolute Gasteiger partial charge is 0.238 e. The van der Waals surface area contributed by atoms with Gasteiger partial charge in [-0.25, -0.2) is 4.98 Å². The van der Waals surface area contributed by atoms with Gasteiger partial charge in [0.2, 0.25) is 5.95 Å². The minimum Gasteiger partial charge on any atom is -0.309 e. The Morgan fingerprint density at radius 1 is 0.475 bits per heavy atom. The molecule has 0 aliphatic heterocycles. The van der Waals surface area contributed by atoms with E-state index in [1.54, 1.807) is 0 Å². The van der Waals surface area contributed by atoms with Crippen molar-refractivity contribution in [3.63, 3.8) is 0 Å². The predicted octanol–water partition coefficient (Wildman–Crippen LogP) is 14.1. The first-order chi connectivity index (χ1) is 28.7. The van der Waals surface area contributed by atoms with E-state index in [1.165, 1.54) is 58.4 Å². The Bertz CT molecular complexity index is 3500. The van der Waals surface area contributed by atoms with Gasteiger partial charge in [0.1, 0.15) is 0 Å². The topological polar surface area (TPSA) is 48.5 Å². The van der Waals surface area contributed by atoms with Crippen LogP contribution in [0, 0.1) is 0 Å². The number of hydrogen-bond donors (Lipinski definition) is 0. The SMILES string of the molecule is CC1(C)CCC(C)(C)c2cc3c(cc21)c1c(ccc2c4ccccc4n(-c4nc(-c5ccccc5)nc(-c5cccc6sc7ccccc7c56)n4)c21)n3-c1ccccc1. The summed E-state index contributed by atoms with van der Waals surface area (Å²) >= 11 is 1.81. The Morgan fingerprint density at radius 3 is 1.93 bits per heavy atom. The van der Waals surface area contributed by atoms with Crippen molar-refractivity contribution in [3.05, 3.63) is 163 Å². The molecular formula is C53H41N5S. The third-order valence-corrected chi connectivity index (χ3v) is 14.2. The fourth-order valence-corrected chi connectivity index (χ4v) is 11.1. The van der Waals surface area contributed by atoms with E-state index in [0.29, 0.717) is 17.6 Å². The van der Waals surface area contributed by atoms with Gasteiger partial charge in [-0.15, -0.1) is 11.3 Å². The molecule has 0 atom stereocenters. The summed E-state index contributed by atoms with van der Waals surface area (Å²) in [6, 6.07) is 54.7. The van der Waals surface area contributed by atoms with Gasteiger partial charge in [-0.2, -0.15) is 9.97 Å². The van der Waals surface area contributed by atoms with Crippen molar-refractivity contribution < 1.29 is 0 Å². The minimum absolute atomic E-state index is 0.0430. The molecule has 284 valence electrons. The minimum atomic E-state index is 0.0430. The molecule has 0 N–H and O–H groups in total. The molecule has 0 radical (unpaired) electrons. The van der Waals surface area contributed by atoms with Gasteiger partial charge in [-0.3, -0.25) is 4.57 Å². The molecule has 0 fully saturated rings. The van der Waals surface area contributed by atoms with Gasteiger partial charge < -0.3 is 4.57 Å². The average molecular weight is 780 g/mol. The predicted molar refractivity (Wildman–Crippen MR) is 248 cm³/mol. The van der Waals surface area contributed by atoms with E-state index < -0.39 is 0 Å². The van der Waals surface area contributed by atoms with Gasteiger partial charge in [0.25, 0.3) is 0 Å². The lowest BCUT2D eigenvalue weighted by Crippen LogP contribution is -2.33. The molecule has 11 aromatic rings. The highest BCUT2D eigenvalue weighted by atomic mass is 32.1. The van der Waals surface area contributed by atoms with Crippen LogP contribution in [-0.4, -0.2) is 24.1 Å². The maximum atomic E-state index is 5.51. The van der Waals surface area contributed by atoms with Crippen molar-refractivity contribution in [1.82, 2.24) is 24.1 Å². The summed E-state index contributed by atoms with van der Waals surface area (Å²) in [5.74, 6) is 1.90. The summed E-state index contributed by atoms with van der Waals surface area (Å²) in [6.45, 7) is 9.68. The van der Waals surface area contributed by atoms with E-state index in [4.69, 9.17) is 15.0 Å². The van der Waals surface area contributed by atoms with Crippen LogP contribution in [0.1, 0.15) is 51.7 Å². The van der Waals surface area contributed by atoms with Crippen molar-refractivity contribution in [2.24, 2.45) is 0 Å². The molecule has 0 spiro atoms. The number of aromatic nitrogens is 5. The summed E-state index contributed by atoms with van der Waals surface area (Å²) in [7, 11) is 0. The number of para-hydroxylation sites is 2. The van der Waals surface area contributed by atoms with Gasteiger partial charge in [0.05, 0.1) is 22.1 Å². The average Bonchev–Trinajstić information content (AvgIpc) is 3.93. The Labute approximate surface area is 346 Å². The number of nitrogens with zero attached hydrogens (tertiary/aromatic N) is 5. The molecule has 0 saturated carbocycles. The number of rotatable bonds is 4. The van der Waals surface area contributed by atoms with Gasteiger partial charge in [-0.05, 0) is 83.3 Å². The van der Waals surface area contributed by atoms with E-state index in [-0.39, 0.29) is 10.8 Å². The van der Waals surface area contributed by atoms with Crippen molar-refractivity contribution in [3.8, 4) is 34.4 Å².